The van der Waals surface area contributed by atoms with Crippen LogP contribution in [0.2, 0.25) is 0 Å². The van der Waals surface area contributed by atoms with E-state index in [1.807, 2.05) is 17.0 Å². The van der Waals surface area contributed by atoms with E-state index in [4.69, 9.17) is 0 Å². The van der Waals surface area contributed by atoms with Crippen LogP contribution in [0.25, 0.3) is 6.08 Å². The van der Waals surface area contributed by atoms with Crippen molar-refractivity contribution in [1.82, 2.24) is 4.90 Å². The van der Waals surface area contributed by atoms with Gasteiger partial charge in [-0.25, -0.2) is 4.39 Å². The quantitative estimate of drug-likeness (QED) is 0.845. The minimum Gasteiger partial charge on any atom is -0.368 e. The Morgan fingerprint density at radius 3 is 2.19 bits per heavy atom. The molecule has 27 heavy (non-hydrogen) atoms. The smallest absolute Gasteiger partial charge is 0.246 e. The summed E-state index contributed by atoms with van der Waals surface area (Å²) in [5.74, 6) is -0.393. The Kier molecular flexibility index (Phi) is 5.86. The van der Waals surface area contributed by atoms with Crippen molar-refractivity contribution in [3.05, 3.63) is 66.0 Å². The molecule has 2 aromatic carbocycles. The monoisotopic (exact) mass is 367 g/mol. The van der Waals surface area contributed by atoms with Gasteiger partial charge in [0.25, 0.3) is 0 Å². The van der Waals surface area contributed by atoms with Crippen LogP contribution in [0.1, 0.15) is 12.5 Å². The lowest BCUT2D eigenvalue weighted by molar-refractivity contribution is -0.126. The number of carbonyl (C=O) groups is 2. The first kappa shape index (κ1) is 18.6. The summed E-state index contributed by atoms with van der Waals surface area (Å²) < 4.78 is 13.0. The number of rotatable bonds is 4. The molecule has 1 aliphatic heterocycles. The molecular formula is C21H22FN3O2. The molecule has 6 heteroatoms. The van der Waals surface area contributed by atoms with Gasteiger partial charge in [0, 0.05) is 50.6 Å². The molecule has 2 aromatic rings. The molecular weight excluding hydrogens is 345 g/mol. The third-order valence-electron chi connectivity index (χ3n) is 4.43. The minimum absolute atomic E-state index is 0.0281. The average Bonchev–Trinajstić information content (AvgIpc) is 2.67. The van der Waals surface area contributed by atoms with Gasteiger partial charge in [-0.15, -0.1) is 0 Å². The highest BCUT2D eigenvalue weighted by atomic mass is 19.1. The number of amides is 2. The molecule has 2 amide bonds. The van der Waals surface area contributed by atoms with E-state index in [1.54, 1.807) is 36.4 Å². The zero-order valence-corrected chi connectivity index (χ0v) is 15.2. The molecule has 1 aliphatic rings. The van der Waals surface area contributed by atoms with Crippen molar-refractivity contribution in [2.45, 2.75) is 6.92 Å². The van der Waals surface area contributed by atoms with Crippen molar-refractivity contribution in [1.29, 1.82) is 0 Å². The molecule has 3 rings (SSSR count). The summed E-state index contributed by atoms with van der Waals surface area (Å²) in [5, 5.41) is 2.71. The van der Waals surface area contributed by atoms with Gasteiger partial charge in [-0.1, -0.05) is 12.1 Å². The van der Waals surface area contributed by atoms with Gasteiger partial charge in [-0.05, 0) is 48.0 Å². The fourth-order valence-corrected chi connectivity index (χ4v) is 2.99. The van der Waals surface area contributed by atoms with Gasteiger partial charge < -0.3 is 15.1 Å². The van der Waals surface area contributed by atoms with Gasteiger partial charge in [0.15, 0.2) is 0 Å². The number of halogens is 1. The summed E-state index contributed by atoms with van der Waals surface area (Å²) in [5.41, 5.74) is 2.59. The molecule has 140 valence electrons. The van der Waals surface area contributed by atoms with Crippen molar-refractivity contribution in [3.8, 4) is 0 Å². The fraction of sp³-hybridized carbons (Fsp3) is 0.238. The van der Waals surface area contributed by atoms with Crippen LogP contribution in [0.15, 0.2) is 54.6 Å². The highest BCUT2D eigenvalue weighted by Gasteiger charge is 2.19. The first-order valence-corrected chi connectivity index (χ1v) is 8.86. The summed E-state index contributed by atoms with van der Waals surface area (Å²) in [4.78, 5) is 27.4. The van der Waals surface area contributed by atoms with Crippen LogP contribution < -0.4 is 10.2 Å². The maximum Gasteiger partial charge on any atom is 0.246 e. The predicted octanol–water partition coefficient (Wildman–Crippen LogP) is 3.15. The molecule has 0 aromatic heterocycles. The van der Waals surface area contributed by atoms with E-state index in [1.165, 1.54) is 19.1 Å². The van der Waals surface area contributed by atoms with Crippen LogP contribution in [0, 0.1) is 5.82 Å². The molecule has 0 atom stereocenters. The molecule has 0 radical (unpaired) electrons. The second-order valence-corrected chi connectivity index (χ2v) is 6.43. The van der Waals surface area contributed by atoms with Gasteiger partial charge in [0.05, 0.1) is 0 Å². The highest BCUT2D eigenvalue weighted by molar-refractivity contribution is 5.92. The van der Waals surface area contributed by atoms with E-state index < -0.39 is 0 Å². The van der Waals surface area contributed by atoms with Crippen LogP contribution in [0.3, 0.4) is 0 Å². The Hall–Kier alpha value is -3.15. The lowest BCUT2D eigenvalue weighted by atomic mass is 10.2. The summed E-state index contributed by atoms with van der Waals surface area (Å²) in [6, 6.07) is 13.7. The zero-order valence-electron chi connectivity index (χ0n) is 15.2. The van der Waals surface area contributed by atoms with Crippen LogP contribution in [0.5, 0.6) is 0 Å². The van der Waals surface area contributed by atoms with Gasteiger partial charge in [-0.3, -0.25) is 9.59 Å². The first-order valence-electron chi connectivity index (χ1n) is 8.86. The second kappa shape index (κ2) is 8.49. The number of carbonyl (C=O) groups excluding carboxylic acids is 2. The molecule has 1 saturated heterocycles. The second-order valence-electron chi connectivity index (χ2n) is 6.43. The fourth-order valence-electron chi connectivity index (χ4n) is 2.99. The minimum atomic E-state index is -0.247. The molecule has 5 nitrogen and oxygen atoms in total. The van der Waals surface area contributed by atoms with E-state index in [-0.39, 0.29) is 17.6 Å². The van der Waals surface area contributed by atoms with Gasteiger partial charge in [0.1, 0.15) is 5.82 Å². The lowest BCUT2D eigenvalue weighted by Gasteiger charge is -2.35. The number of nitrogens with zero attached hydrogens (tertiary/aromatic N) is 2. The average molecular weight is 367 g/mol. The third-order valence-corrected chi connectivity index (χ3v) is 4.43. The summed E-state index contributed by atoms with van der Waals surface area (Å²) in [7, 11) is 0. The van der Waals surface area contributed by atoms with Crippen LogP contribution >= 0.6 is 0 Å². The van der Waals surface area contributed by atoms with Gasteiger partial charge >= 0.3 is 0 Å². The van der Waals surface area contributed by atoms with Crippen molar-refractivity contribution in [3.63, 3.8) is 0 Å². The van der Waals surface area contributed by atoms with Crippen molar-refractivity contribution in [2.75, 3.05) is 36.4 Å². The van der Waals surface area contributed by atoms with Crippen molar-refractivity contribution >= 4 is 29.3 Å². The predicted molar refractivity (Wildman–Crippen MR) is 105 cm³/mol. The van der Waals surface area contributed by atoms with Crippen LogP contribution in [-0.2, 0) is 9.59 Å². The van der Waals surface area contributed by atoms with Crippen molar-refractivity contribution in [2.24, 2.45) is 0 Å². The van der Waals surface area contributed by atoms with E-state index in [9.17, 15) is 14.0 Å². The Bertz CT molecular complexity index is 824. The van der Waals surface area contributed by atoms with Gasteiger partial charge in [-0.2, -0.15) is 0 Å². The summed E-state index contributed by atoms with van der Waals surface area (Å²) >= 11 is 0. The Balaban J connectivity index is 1.52. The molecule has 1 N–H and O–H groups in total. The van der Waals surface area contributed by atoms with E-state index in [2.05, 4.69) is 10.2 Å². The zero-order chi connectivity index (χ0) is 19.2. The number of hydrogen-bond donors (Lipinski definition) is 1. The highest BCUT2D eigenvalue weighted by Crippen LogP contribution is 2.17. The molecule has 0 bridgehead atoms. The number of benzene rings is 2. The standard InChI is InChI=1S/C21H22FN3O2/c1-16(26)23-19-7-2-17(3-8-19)4-11-21(27)25-14-12-24(13-15-25)20-9-5-18(22)6-10-20/h2-11H,12-15H2,1H3,(H,23,26)/b11-4+. The number of nitrogens with one attached hydrogen (secondary N) is 1. The summed E-state index contributed by atoms with van der Waals surface area (Å²) in [6.07, 6.45) is 3.34. The maximum atomic E-state index is 13.0. The molecule has 1 heterocycles. The Morgan fingerprint density at radius 2 is 1.59 bits per heavy atom. The molecule has 1 fully saturated rings. The van der Waals surface area contributed by atoms with E-state index in [0.29, 0.717) is 13.1 Å². The van der Waals surface area contributed by atoms with Crippen LogP contribution in [-0.4, -0.2) is 42.9 Å². The largest absolute Gasteiger partial charge is 0.368 e. The van der Waals surface area contributed by atoms with Crippen LogP contribution in [0.4, 0.5) is 15.8 Å². The number of piperazine rings is 1. The normalized spacial score (nSPS) is 14.4. The van der Waals surface area contributed by atoms with E-state index in [0.717, 1.165) is 30.0 Å². The maximum absolute atomic E-state index is 13.0. The lowest BCUT2D eigenvalue weighted by Crippen LogP contribution is -2.48. The van der Waals surface area contributed by atoms with Crippen molar-refractivity contribution < 1.29 is 14.0 Å². The van der Waals surface area contributed by atoms with E-state index >= 15 is 0 Å². The third kappa shape index (κ3) is 5.17. The summed E-state index contributed by atoms with van der Waals surface area (Å²) in [6.45, 7) is 4.15. The topological polar surface area (TPSA) is 52.7 Å². The SMILES string of the molecule is CC(=O)Nc1ccc(/C=C/C(=O)N2CCN(c3ccc(F)cc3)CC2)cc1. The molecule has 0 aliphatic carbocycles. The molecule has 0 saturated carbocycles. The number of anilines is 2. The molecule has 0 spiro atoms. The number of hydrogen-bond acceptors (Lipinski definition) is 3. The Labute approximate surface area is 158 Å². The molecule has 0 unspecified atom stereocenters. The van der Waals surface area contributed by atoms with Gasteiger partial charge in [0.2, 0.25) is 11.8 Å². The first-order chi connectivity index (χ1) is 13.0. The Morgan fingerprint density at radius 1 is 0.963 bits per heavy atom.